The topological polar surface area (TPSA) is 59.6 Å². The molecule has 0 heterocycles. The van der Waals surface area contributed by atoms with Gasteiger partial charge in [0.05, 0.1) is 19.3 Å². The van der Waals surface area contributed by atoms with E-state index >= 15 is 0 Å². The predicted molar refractivity (Wildman–Crippen MR) is 112 cm³/mol. The van der Waals surface area contributed by atoms with Crippen LogP contribution in [0.5, 0.6) is 11.5 Å². The zero-order chi connectivity index (χ0) is 19.8. The normalized spacial score (nSPS) is 10.2. The van der Waals surface area contributed by atoms with Crippen molar-refractivity contribution < 1.29 is 14.3 Å². The van der Waals surface area contributed by atoms with Gasteiger partial charge in [0, 0.05) is 10.7 Å². The summed E-state index contributed by atoms with van der Waals surface area (Å²) in [6, 6.07) is 22.5. The van der Waals surface area contributed by atoms with Crippen molar-refractivity contribution in [1.29, 1.82) is 0 Å². The summed E-state index contributed by atoms with van der Waals surface area (Å²) >= 11 is 5.98. The highest BCUT2D eigenvalue weighted by atomic mass is 35.5. The minimum absolute atomic E-state index is 0.111. The summed E-state index contributed by atoms with van der Waals surface area (Å²) in [6.45, 7) is 0.622. The highest BCUT2D eigenvalue weighted by molar-refractivity contribution is 6.31. The average molecular weight is 397 g/mol. The SMILES string of the molecule is COc1ccc(Cl)cc1NC(=O)CNc1ccc(OCc2ccccc2)cc1. The molecule has 0 unspecified atom stereocenters. The molecular weight excluding hydrogens is 376 g/mol. The van der Waals surface area contributed by atoms with Crippen LogP contribution < -0.4 is 20.1 Å². The molecule has 28 heavy (non-hydrogen) atoms. The Morgan fingerprint density at radius 3 is 2.46 bits per heavy atom. The molecule has 3 aromatic rings. The fraction of sp³-hybridized carbons (Fsp3) is 0.136. The molecule has 0 bridgehead atoms. The van der Waals surface area contributed by atoms with Gasteiger partial charge in [0.15, 0.2) is 0 Å². The smallest absolute Gasteiger partial charge is 0.243 e. The molecular formula is C22H21ClN2O3. The molecule has 0 fully saturated rings. The maximum atomic E-state index is 12.2. The van der Waals surface area contributed by atoms with Crippen LogP contribution in [-0.4, -0.2) is 19.6 Å². The van der Waals surface area contributed by atoms with Crippen LogP contribution in [0.2, 0.25) is 5.02 Å². The van der Waals surface area contributed by atoms with Gasteiger partial charge in [0.25, 0.3) is 0 Å². The molecule has 2 N–H and O–H groups in total. The Hall–Kier alpha value is -3.18. The van der Waals surface area contributed by atoms with E-state index < -0.39 is 0 Å². The monoisotopic (exact) mass is 396 g/mol. The predicted octanol–water partition coefficient (Wildman–Crippen LogP) is 4.98. The largest absolute Gasteiger partial charge is 0.495 e. The van der Waals surface area contributed by atoms with E-state index in [9.17, 15) is 4.79 Å². The van der Waals surface area contributed by atoms with Gasteiger partial charge in [-0.2, -0.15) is 0 Å². The van der Waals surface area contributed by atoms with Crippen LogP contribution in [0, 0.1) is 0 Å². The molecule has 0 aliphatic rings. The van der Waals surface area contributed by atoms with E-state index in [1.165, 1.54) is 0 Å². The summed E-state index contributed by atoms with van der Waals surface area (Å²) < 4.78 is 11.0. The first-order valence-corrected chi connectivity index (χ1v) is 9.16. The lowest BCUT2D eigenvalue weighted by molar-refractivity contribution is -0.114. The number of rotatable bonds is 8. The zero-order valence-corrected chi connectivity index (χ0v) is 16.2. The Balaban J connectivity index is 1.49. The standard InChI is InChI=1S/C22H21ClN2O3/c1-27-21-12-7-17(23)13-20(21)25-22(26)14-24-18-8-10-19(11-9-18)28-15-16-5-3-2-4-6-16/h2-13,24H,14-15H2,1H3,(H,25,26). The lowest BCUT2D eigenvalue weighted by Gasteiger charge is -2.12. The quantitative estimate of drug-likeness (QED) is 0.563. The van der Waals surface area contributed by atoms with Crippen molar-refractivity contribution in [3.05, 3.63) is 83.4 Å². The van der Waals surface area contributed by atoms with E-state index in [0.717, 1.165) is 17.0 Å². The second-order valence-electron chi connectivity index (χ2n) is 6.04. The summed E-state index contributed by atoms with van der Waals surface area (Å²) in [5.74, 6) is 1.12. The minimum Gasteiger partial charge on any atom is -0.495 e. The fourth-order valence-electron chi connectivity index (χ4n) is 2.56. The number of carbonyl (C=O) groups is 1. The molecule has 0 atom stereocenters. The second kappa shape index (κ2) is 9.67. The van der Waals surface area contributed by atoms with Gasteiger partial charge in [-0.3, -0.25) is 4.79 Å². The average Bonchev–Trinajstić information content (AvgIpc) is 2.72. The lowest BCUT2D eigenvalue weighted by Crippen LogP contribution is -2.22. The molecule has 0 spiro atoms. The Labute approximate surface area is 169 Å². The third kappa shape index (κ3) is 5.66. The molecule has 0 radical (unpaired) electrons. The van der Waals surface area contributed by atoms with Gasteiger partial charge < -0.3 is 20.1 Å². The molecule has 3 aromatic carbocycles. The Morgan fingerprint density at radius 2 is 1.75 bits per heavy atom. The van der Waals surface area contributed by atoms with Gasteiger partial charge >= 0.3 is 0 Å². The number of hydrogen-bond donors (Lipinski definition) is 2. The van der Waals surface area contributed by atoms with Crippen molar-refractivity contribution in [1.82, 2.24) is 0 Å². The van der Waals surface area contributed by atoms with E-state index in [4.69, 9.17) is 21.1 Å². The first-order chi connectivity index (χ1) is 13.6. The summed E-state index contributed by atoms with van der Waals surface area (Å²) in [6.07, 6.45) is 0. The van der Waals surface area contributed by atoms with Crippen LogP contribution >= 0.6 is 11.6 Å². The maximum Gasteiger partial charge on any atom is 0.243 e. The molecule has 3 rings (SSSR count). The number of amides is 1. The lowest BCUT2D eigenvalue weighted by atomic mass is 10.2. The molecule has 0 aromatic heterocycles. The second-order valence-corrected chi connectivity index (χ2v) is 6.48. The van der Waals surface area contributed by atoms with Gasteiger partial charge in [-0.25, -0.2) is 0 Å². The number of nitrogens with one attached hydrogen (secondary N) is 2. The molecule has 0 saturated heterocycles. The molecule has 144 valence electrons. The number of carbonyl (C=O) groups excluding carboxylic acids is 1. The minimum atomic E-state index is -0.204. The van der Waals surface area contributed by atoms with Crippen LogP contribution in [0.3, 0.4) is 0 Å². The van der Waals surface area contributed by atoms with Crippen LogP contribution in [0.4, 0.5) is 11.4 Å². The third-order valence-corrected chi connectivity index (χ3v) is 4.23. The van der Waals surface area contributed by atoms with Crippen molar-refractivity contribution in [2.75, 3.05) is 24.3 Å². The molecule has 6 heteroatoms. The van der Waals surface area contributed by atoms with E-state index in [2.05, 4.69) is 10.6 Å². The molecule has 0 aliphatic heterocycles. The van der Waals surface area contributed by atoms with Crippen molar-refractivity contribution in [3.8, 4) is 11.5 Å². The number of halogens is 1. The van der Waals surface area contributed by atoms with Crippen molar-refractivity contribution in [2.24, 2.45) is 0 Å². The third-order valence-electron chi connectivity index (χ3n) is 3.99. The fourth-order valence-corrected chi connectivity index (χ4v) is 2.74. The first kappa shape index (κ1) is 19.6. The highest BCUT2D eigenvalue weighted by Gasteiger charge is 2.08. The van der Waals surface area contributed by atoms with Crippen molar-refractivity contribution >= 4 is 28.9 Å². The molecule has 0 aliphatic carbocycles. The van der Waals surface area contributed by atoms with Crippen LogP contribution in [0.25, 0.3) is 0 Å². The summed E-state index contributed by atoms with van der Waals surface area (Å²) in [5, 5.41) is 6.39. The molecule has 1 amide bonds. The molecule has 5 nitrogen and oxygen atoms in total. The van der Waals surface area contributed by atoms with Gasteiger partial charge in [-0.15, -0.1) is 0 Å². The van der Waals surface area contributed by atoms with Crippen LogP contribution in [0.15, 0.2) is 72.8 Å². The van der Waals surface area contributed by atoms with Crippen LogP contribution in [-0.2, 0) is 11.4 Å². The van der Waals surface area contributed by atoms with Gasteiger partial charge in [-0.1, -0.05) is 41.9 Å². The molecule has 0 saturated carbocycles. The van der Waals surface area contributed by atoms with E-state index in [1.54, 1.807) is 25.3 Å². The first-order valence-electron chi connectivity index (χ1n) is 8.78. The Kier molecular flexibility index (Phi) is 6.76. The number of hydrogen-bond acceptors (Lipinski definition) is 4. The van der Waals surface area contributed by atoms with E-state index in [1.807, 2.05) is 54.6 Å². The summed E-state index contributed by atoms with van der Waals surface area (Å²) in [5.41, 5.74) is 2.46. The summed E-state index contributed by atoms with van der Waals surface area (Å²) in [4.78, 5) is 12.2. The Morgan fingerprint density at radius 1 is 1.00 bits per heavy atom. The van der Waals surface area contributed by atoms with Gasteiger partial charge in [0.1, 0.15) is 18.1 Å². The summed E-state index contributed by atoms with van der Waals surface area (Å²) in [7, 11) is 1.54. The van der Waals surface area contributed by atoms with Gasteiger partial charge in [-0.05, 0) is 48.0 Å². The van der Waals surface area contributed by atoms with Crippen molar-refractivity contribution in [2.45, 2.75) is 6.61 Å². The van der Waals surface area contributed by atoms with Crippen molar-refractivity contribution in [3.63, 3.8) is 0 Å². The number of anilines is 2. The van der Waals surface area contributed by atoms with Crippen LogP contribution in [0.1, 0.15) is 5.56 Å². The van der Waals surface area contributed by atoms with E-state index in [0.29, 0.717) is 23.1 Å². The number of methoxy groups -OCH3 is 1. The Bertz CT molecular complexity index is 915. The van der Waals surface area contributed by atoms with E-state index in [-0.39, 0.29) is 12.5 Å². The highest BCUT2D eigenvalue weighted by Crippen LogP contribution is 2.27. The number of benzene rings is 3. The maximum absolute atomic E-state index is 12.2. The van der Waals surface area contributed by atoms with Gasteiger partial charge in [0.2, 0.25) is 5.91 Å². The number of ether oxygens (including phenoxy) is 2. The zero-order valence-electron chi connectivity index (χ0n) is 15.4.